The van der Waals surface area contributed by atoms with E-state index in [0.29, 0.717) is 52.7 Å². The molecule has 3 aromatic heterocycles. The molecule has 34 heavy (non-hydrogen) atoms. The number of hydrogen-bond donors (Lipinski definition) is 1. The van der Waals surface area contributed by atoms with Crippen LogP contribution in [-0.4, -0.2) is 44.7 Å². The molecule has 9 nitrogen and oxygen atoms in total. The summed E-state index contributed by atoms with van der Waals surface area (Å²) in [6.45, 7) is 5.86. The predicted octanol–water partition coefficient (Wildman–Crippen LogP) is 5.11. The van der Waals surface area contributed by atoms with Crippen molar-refractivity contribution >= 4 is 17.9 Å². The molecule has 0 aliphatic carbocycles. The molecule has 0 spiro atoms. The summed E-state index contributed by atoms with van der Waals surface area (Å²) in [6.07, 6.45) is 2.86. The summed E-state index contributed by atoms with van der Waals surface area (Å²) in [5.74, 6) is 4.15. The molecule has 180 valence electrons. The molecule has 0 aliphatic rings. The molecule has 0 aliphatic heterocycles. The number of halogens is 1. The lowest BCUT2D eigenvalue weighted by Gasteiger charge is -2.16. The summed E-state index contributed by atoms with van der Waals surface area (Å²) in [5, 5.41) is 8.65. The maximum Gasteiger partial charge on any atom is 0.239 e. The van der Waals surface area contributed by atoms with Gasteiger partial charge >= 0.3 is 0 Å². The summed E-state index contributed by atoms with van der Waals surface area (Å²) in [7, 11) is 3.17. The van der Waals surface area contributed by atoms with E-state index in [0.717, 1.165) is 18.2 Å². The van der Waals surface area contributed by atoms with E-state index in [9.17, 15) is 4.39 Å². The van der Waals surface area contributed by atoms with Gasteiger partial charge in [-0.3, -0.25) is 9.29 Å². The number of para-hydroxylation sites is 1. The number of benzene rings is 1. The zero-order valence-electron chi connectivity index (χ0n) is 19.7. The summed E-state index contributed by atoms with van der Waals surface area (Å²) >= 11 is 1.40. The van der Waals surface area contributed by atoms with Gasteiger partial charge in [0.25, 0.3) is 0 Å². The second kappa shape index (κ2) is 12.0. The number of ether oxygens (including phenoxy) is 2. The van der Waals surface area contributed by atoms with E-state index in [1.54, 1.807) is 18.8 Å². The van der Waals surface area contributed by atoms with Crippen molar-refractivity contribution < 1.29 is 18.3 Å². The first-order chi connectivity index (χ1) is 16.6. The minimum Gasteiger partial charge on any atom is -0.494 e. The Balaban J connectivity index is 0.00000158. The van der Waals surface area contributed by atoms with E-state index in [1.807, 2.05) is 51.1 Å². The van der Waals surface area contributed by atoms with Crippen LogP contribution in [0.15, 0.2) is 47.1 Å². The molecule has 0 saturated heterocycles. The Morgan fingerprint density at radius 1 is 1.03 bits per heavy atom. The molecule has 0 radical (unpaired) electrons. The predicted molar refractivity (Wildman–Crippen MR) is 130 cm³/mol. The summed E-state index contributed by atoms with van der Waals surface area (Å²) in [5.41, 5.74) is 0.636. The van der Waals surface area contributed by atoms with E-state index in [-0.39, 0.29) is 0 Å². The fourth-order valence-corrected chi connectivity index (χ4v) is 3.70. The monoisotopic (exact) mass is 486 g/mol. The molecule has 0 saturated carbocycles. The third-order valence-electron chi connectivity index (χ3n) is 4.51. The summed E-state index contributed by atoms with van der Waals surface area (Å²) < 4.78 is 35.0. The van der Waals surface area contributed by atoms with Crippen molar-refractivity contribution in [2.24, 2.45) is 0 Å². The lowest BCUT2D eigenvalue weighted by atomic mass is 10.2. The van der Waals surface area contributed by atoms with Crippen LogP contribution in [0, 0.1) is 12.7 Å². The highest BCUT2D eigenvalue weighted by Crippen LogP contribution is 2.38. The minimum atomic E-state index is -0.459. The van der Waals surface area contributed by atoms with Crippen molar-refractivity contribution in [2.45, 2.75) is 27.2 Å². The lowest BCUT2D eigenvalue weighted by Crippen LogP contribution is -2.07. The van der Waals surface area contributed by atoms with Gasteiger partial charge in [0.05, 0.1) is 26.6 Å². The van der Waals surface area contributed by atoms with E-state index in [4.69, 9.17) is 13.9 Å². The topological polar surface area (TPSA) is 100 Å². The minimum absolute atomic E-state index is 0.459. The number of aromatic nitrogens is 5. The first-order valence-electron chi connectivity index (χ1n) is 10.7. The molecular formula is C23H27FN6O3S. The van der Waals surface area contributed by atoms with Gasteiger partial charge < -0.3 is 13.9 Å². The smallest absolute Gasteiger partial charge is 0.239 e. The molecule has 0 atom stereocenters. The lowest BCUT2D eigenvalue weighted by molar-refractivity contribution is 0.391. The zero-order valence-corrected chi connectivity index (χ0v) is 20.5. The first-order valence-corrected chi connectivity index (χ1v) is 11.7. The molecule has 0 amide bonds. The first kappa shape index (κ1) is 25.0. The standard InChI is InChI=1S/C21H21FN6O3S.C2H6/c1-13-7-8-17(31-13)20-25-26-21(27-32-10-9-18-23-11-14(22)12-24-18)28(20)19-15(29-2)5-4-6-16(19)30-3;1-2/h4-8,11-12H,9-10H2,1-3H3,(H,26,27);1-2H3. The van der Waals surface area contributed by atoms with E-state index in [1.165, 1.54) is 11.9 Å². The van der Waals surface area contributed by atoms with Gasteiger partial charge in [-0.1, -0.05) is 19.9 Å². The number of aryl methyl sites for hydroxylation is 2. The Morgan fingerprint density at radius 3 is 2.29 bits per heavy atom. The van der Waals surface area contributed by atoms with Gasteiger partial charge in [-0.2, -0.15) is 0 Å². The molecule has 3 heterocycles. The van der Waals surface area contributed by atoms with Crippen LogP contribution in [0.2, 0.25) is 0 Å². The van der Waals surface area contributed by atoms with Crippen molar-refractivity contribution in [3.05, 3.63) is 60.1 Å². The van der Waals surface area contributed by atoms with Crippen molar-refractivity contribution in [3.63, 3.8) is 0 Å². The van der Waals surface area contributed by atoms with Crippen LogP contribution in [0.3, 0.4) is 0 Å². The molecule has 11 heteroatoms. The van der Waals surface area contributed by atoms with E-state index < -0.39 is 5.82 Å². The number of methoxy groups -OCH3 is 2. The fraction of sp³-hybridized carbons (Fsp3) is 0.304. The third kappa shape index (κ3) is 5.66. The van der Waals surface area contributed by atoms with Crippen molar-refractivity contribution in [1.82, 2.24) is 24.7 Å². The Bertz CT molecular complexity index is 1170. The molecule has 1 aromatic carbocycles. The number of rotatable bonds is 9. The highest BCUT2D eigenvalue weighted by molar-refractivity contribution is 8.00. The number of anilines is 1. The zero-order chi connectivity index (χ0) is 24.5. The van der Waals surface area contributed by atoms with Gasteiger partial charge in [0, 0.05) is 12.2 Å². The van der Waals surface area contributed by atoms with Gasteiger partial charge in [-0.25, -0.2) is 14.4 Å². The van der Waals surface area contributed by atoms with E-state index in [2.05, 4.69) is 24.9 Å². The average Bonchev–Trinajstić information content (AvgIpc) is 3.49. The van der Waals surface area contributed by atoms with Crippen LogP contribution in [-0.2, 0) is 6.42 Å². The normalized spacial score (nSPS) is 10.4. The average molecular weight is 487 g/mol. The van der Waals surface area contributed by atoms with Crippen LogP contribution in [0.25, 0.3) is 17.3 Å². The highest BCUT2D eigenvalue weighted by atomic mass is 32.2. The number of nitrogens with one attached hydrogen (secondary N) is 1. The van der Waals surface area contributed by atoms with Gasteiger partial charge in [0.2, 0.25) is 11.8 Å². The van der Waals surface area contributed by atoms with E-state index >= 15 is 0 Å². The number of nitrogens with zero attached hydrogens (tertiary/aromatic N) is 5. The van der Waals surface area contributed by atoms with Crippen molar-refractivity contribution in [1.29, 1.82) is 0 Å². The van der Waals surface area contributed by atoms with Crippen molar-refractivity contribution in [2.75, 3.05) is 24.7 Å². The largest absolute Gasteiger partial charge is 0.494 e. The molecular weight excluding hydrogens is 459 g/mol. The summed E-state index contributed by atoms with van der Waals surface area (Å²) in [6, 6.07) is 9.20. The van der Waals surface area contributed by atoms with Crippen LogP contribution >= 0.6 is 11.9 Å². The molecule has 0 unspecified atom stereocenters. The molecule has 4 rings (SSSR count). The molecule has 0 bridgehead atoms. The summed E-state index contributed by atoms with van der Waals surface area (Å²) in [4.78, 5) is 7.95. The maximum atomic E-state index is 13.0. The Morgan fingerprint density at radius 2 is 1.71 bits per heavy atom. The number of furan rings is 1. The van der Waals surface area contributed by atoms with Crippen LogP contribution in [0.5, 0.6) is 11.5 Å². The number of hydrogen-bond acceptors (Lipinski definition) is 9. The Labute approximate surface area is 201 Å². The highest BCUT2D eigenvalue weighted by Gasteiger charge is 2.24. The molecule has 4 aromatic rings. The van der Waals surface area contributed by atoms with Crippen molar-refractivity contribution in [3.8, 4) is 28.8 Å². The second-order valence-corrected chi connectivity index (χ2v) is 7.52. The van der Waals surface area contributed by atoms with Gasteiger partial charge in [-0.15, -0.1) is 10.2 Å². The Hall–Kier alpha value is -3.60. The molecule has 0 fully saturated rings. The molecule has 1 N–H and O–H groups in total. The second-order valence-electron chi connectivity index (χ2n) is 6.62. The van der Waals surface area contributed by atoms with Gasteiger partial charge in [0.1, 0.15) is 28.8 Å². The third-order valence-corrected chi connectivity index (χ3v) is 5.25. The maximum absolute atomic E-state index is 13.0. The van der Waals surface area contributed by atoms with Crippen LogP contribution < -0.4 is 14.2 Å². The van der Waals surface area contributed by atoms with Crippen LogP contribution in [0.4, 0.5) is 10.3 Å². The SMILES string of the molecule is CC.COc1cccc(OC)c1-n1c(NSCCc2ncc(F)cn2)nnc1-c1ccc(C)o1. The Kier molecular flexibility index (Phi) is 8.86. The quantitative estimate of drug-likeness (QED) is 0.255. The van der Waals surface area contributed by atoms with Crippen LogP contribution in [0.1, 0.15) is 25.4 Å². The van der Waals surface area contributed by atoms with Gasteiger partial charge in [-0.05, 0) is 43.1 Å². The van der Waals surface area contributed by atoms with Gasteiger partial charge in [0.15, 0.2) is 11.6 Å². The fourth-order valence-electron chi connectivity index (χ4n) is 3.05.